The summed E-state index contributed by atoms with van der Waals surface area (Å²) in [6.45, 7) is 0. The monoisotopic (exact) mass is 288 g/mol. The Labute approximate surface area is 126 Å². The van der Waals surface area contributed by atoms with Crippen LogP contribution in [0.25, 0.3) is 16.4 Å². The molecule has 4 rings (SSSR count). The highest BCUT2D eigenvalue weighted by molar-refractivity contribution is 6.08. The number of benzene rings is 1. The minimum atomic E-state index is -0.165. The second-order valence-electron chi connectivity index (χ2n) is 4.98. The predicted octanol–water partition coefficient (Wildman–Crippen LogP) is 3.13. The van der Waals surface area contributed by atoms with Gasteiger partial charge in [-0.15, -0.1) is 0 Å². The molecular formula is C17H12N4O. The SMILES string of the molecule is O=C(Nc1cccc2cccnc12)c1ccn2cncc2c1. The molecule has 1 amide bonds. The summed E-state index contributed by atoms with van der Waals surface area (Å²) in [5.74, 6) is -0.165. The lowest BCUT2D eigenvalue weighted by atomic mass is 10.1. The number of nitrogens with zero attached hydrogens (tertiary/aromatic N) is 3. The first-order valence-corrected chi connectivity index (χ1v) is 6.88. The molecule has 22 heavy (non-hydrogen) atoms. The number of carbonyl (C=O) groups is 1. The van der Waals surface area contributed by atoms with Gasteiger partial charge >= 0.3 is 0 Å². The van der Waals surface area contributed by atoms with E-state index in [1.54, 1.807) is 30.9 Å². The van der Waals surface area contributed by atoms with Crippen LogP contribution in [0.2, 0.25) is 0 Å². The molecule has 0 saturated heterocycles. The van der Waals surface area contributed by atoms with Crippen molar-refractivity contribution in [2.24, 2.45) is 0 Å². The number of anilines is 1. The van der Waals surface area contributed by atoms with E-state index in [2.05, 4.69) is 15.3 Å². The summed E-state index contributed by atoms with van der Waals surface area (Å²) < 4.78 is 1.86. The van der Waals surface area contributed by atoms with Crippen molar-refractivity contribution in [3.05, 3.63) is 72.9 Å². The molecule has 0 unspecified atom stereocenters. The second-order valence-corrected chi connectivity index (χ2v) is 4.98. The Hall–Kier alpha value is -3.21. The van der Waals surface area contributed by atoms with Crippen LogP contribution in [0.5, 0.6) is 0 Å². The van der Waals surface area contributed by atoms with Gasteiger partial charge in [0.05, 0.1) is 29.2 Å². The first kappa shape index (κ1) is 12.5. The van der Waals surface area contributed by atoms with Crippen molar-refractivity contribution in [1.29, 1.82) is 0 Å². The molecule has 0 aliphatic rings. The number of hydrogen-bond acceptors (Lipinski definition) is 3. The summed E-state index contributed by atoms with van der Waals surface area (Å²) in [6.07, 6.45) is 6.96. The number of para-hydroxylation sites is 1. The Balaban J connectivity index is 1.71. The van der Waals surface area contributed by atoms with Gasteiger partial charge in [-0.1, -0.05) is 18.2 Å². The van der Waals surface area contributed by atoms with Crippen molar-refractivity contribution in [1.82, 2.24) is 14.4 Å². The van der Waals surface area contributed by atoms with E-state index in [9.17, 15) is 4.79 Å². The Morgan fingerprint density at radius 3 is 3.00 bits per heavy atom. The van der Waals surface area contributed by atoms with E-state index in [4.69, 9.17) is 0 Å². The van der Waals surface area contributed by atoms with E-state index in [0.29, 0.717) is 11.3 Å². The number of aromatic nitrogens is 3. The maximum absolute atomic E-state index is 12.5. The average Bonchev–Trinajstić information content (AvgIpc) is 3.02. The highest BCUT2D eigenvalue weighted by Gasteiger charge is 2.09. The van der Waals surface area contributed by atoms with Crippen LogP contribution >= 0.6 is 0 Å². The molecule has 1 N–H and O–H groups in total. The zero-order chi connectivity index (χ0) is 14.9. The molecule has 1 aromatic carbocycles. The zero-order valence-corrected chi connectivity index (χ0v) is 11.6. The van der Waals surface area contributed by atoms with Crippen molar-refractivity contribution in [3.8, 4) is 0 Å². The molecule has 5 nitrogen and oxygen atoms in total. The molecule has 4 aromatic rings. The van der Waals surface area contributed by atoms with E-state index >= 15 is 0 Å². The average molecular weight is 288 g/mol. The van der Waals surface area contributed by atoms with E-state index in [1.165, 1.54) is 0 Å². The van der Waals surface area contributed by atoms with Gasteiger partial charge in [-0.25, -0.2) is 4.98 Å². The van der Waals surface area contributed by atoms with Crippen LogP contribution in [0.15, 0.2) is 67.4 Å². The van der Waals surface area contributed by atoms with Crippen LogP contribution in [0.1, 0.15) is 10.4 Å². The van der Waals surface area contributed by atoms with Crippen molar-refractivity contribution in [3.63, 3.8) is 0 Å². The van der Waals surface area contributed by atoms with Gasteiger partial charge in [-0.3, -0.25) is 9.78 Å². The summed E-state index contributed by atoms with van der Waals surface area (Å²) >= 11 is 0. The molecule has 5 heteroatoms. The maximum Gasteiger partial charge on any atom is 0.255 e. The summed E-state index contributed by atoms with van der Waals surface area (Å²) in [6, 6.07) is 13.1. The van der Waals surface area contributed by atoms with Crippen molar-refractivity contribution in [2.75, 3.05) is 5.32 Å². The smallest absolute Gasteiger partial charge is 0.255 e. The summed E-state index contributed by atoms with van der Waals surface area (Å²) in [7, 11) is 0. The molecule has 106 valence electrons. The van der Waals surface area contributed by atoms with E-state index < -0.39 is 0 Å². The van der Waals surface area contributed by atoms with E-state index in [-0.39, 0.29) is 5.91 Å². The molecule has 0 bridgehead atoms. The number of nitrogens with one attached hydrogen (secondary N) is 1. The largest absolute Gasteiger partial charge is 0.320 e. The van der Waals surface area contributed by atoms with E-state index in [0.717, 1.165) is 16.4 Å². The summed E-state index contributed by atoms with van der Waals surface area (Å²) in [5.41, 5.74) is 2.95. The normalized spacial score (nSPS) is 10.9. The van der Waals surface area contributed by atoms with Crippen molar-refractivity contribution < 1.29 is 4.79 Å². The number of rotatable bonds is 2. The minimum absolute atomic E-state index is 0.165. The van der Waals surface area contributed by atoms with Crippen LogP contribution in [0.4, 0.5) is 5.69 Å². The lowest BCUT2D eigenvalue weighted by Crippen LogP contribution is -2.12. The van der Waals surface area contributed by atoms with Gasteiger partial charge in [0.2, 0.25) is 0 Å². The number of fused-ring (bicyclic) bond motifs is 2. The van der Waals surface area contributed by atoms with Gasteiger partial charge in [-0.2, -0.15) is 0 Å². The van der Waals surface area contributed by atoms with Crippen molar-refractivity contribution in [2.45, 2.75) is 0 Å². The third-order valence-electron chi connectivity index (χ3n) is 3.56. The number of pyridine rings is 2. The summed E-state index contributed by atoms with van der Waals surface area (Å²) in [4.78, 5) is 20.8. The third-order valence-corrected chi connectivity index (χ3v) is 3.56. The fourth-order valence-electron chi connectivity index (χ4n) is 2.46. The Morgan fingerprint density at radius 2 is 2.05 bits per heavy atom. The van der Waals surface area contributed by atoms with Gasteiger partial charge in [0, 0.05) is 23.3 Å². The molecule has 0 atom stereocenters. The minimum Gasteiger partial charge on any atom is -0.320 e. The predicted molar refractivity (Wildman–Crippen MR) is 84.9 cm³/mol. The Morgan fingerprint density at radius 1 is 1.14 bits per heavy atom. The van der Waals surface area contributed by atoms with Gasteiger partial charge in [0.1, 0.15) is 0 Å². The van der Waals surface area contributed by atoms with Gasteiger partial charge in [-0.05, 0) is 24.3 Å². The number of carbonyl (C=O) groups excluding carboxylic acids is 1. The van der Waals surface area contributed by atoms with Crippen LogP contribution in [0.3, 0.4) is 0 Å². The molecule has 0 radical (unpaired) electrons. The van der Waals surface area contributed by atoms with Gasteiger partial charge < -0.3 is 9.72 Å². The standard InChI is InChI=1S/C17H12N4O/c22-17(13-6-8-21-11-18-10-14(21)9-13)20-15-5-1-3-12-4-2-7-19-16(12)15/h1-11H,(H,20,22). The first-order valence-electron chi connectivity index (χ1n) is 6.88. The highest BCUT2D eigenvalue weighted by Crippen LogP contribution is 2.21. The topological polar surface area (TPSA) is 59.3 Å². The lowest BCUT2D eigenvalue weighted by Gasteiger charge is -2.08. The molecule has 0 spiro atoms. The molecule has 0 aliphatic carbocycles. The van der Waals surface area contributed by atoms with Crippen LogP contribution in [-0.2, 0) is 0 Å². The fourth-order valence-corrected chi connectivity index (χ4v) is 2.46. The molecule has 3 aromatic heterocycles. The van der Waals surface area contributed by atoms with Crippen molar-refractivity contribution >= 4 is 28.0 Å². The van der Waals surface area contributed by atoms with Crippen LogP contribution in [0, 0.1) is 0 Å². The van der Waals surface area contributed by atoms with Gasteiger partial charge in [0.15, 0.2) is 0 Å². The lowest BCUT2D eigenvalue weighted by molar-refractivity contribution is 0.102. The number of amides is 1. The number of imidazole rings is 1. The molecule has 0 aliphatic heterocycles. The van der Waals surface area contributed by atoms with Crippen LogP contribution in [-0.4, -0.2) is 20.3 Å². The van der Waals surface area contributed by atoms with Gasteiger partial charge in [0.25, 0.3) is 5.91 Å². The quantitative estimate of drug-likeness (QED) is 0.616. The third kappa shape index (κ3) is 2.09. The Kier molecular flexibility index (Phi) is 2.83. The zero-order valence-electron chi connectivity index (χ0n) is 11.6. The molecule has 0 saturated carbocycles. The first-order chi connectivity index (χ1) is 10.8. The highest BCUT2D eigenvalue weighted by atomic mass is 16.1. The number of hydrogen-bond donors (Lipinski definition) is 1. The molecule has 3 heterocycles. The van der Waals surface area contributed by atoms with Crippen LogP contribution < -0.4 is 5.32 Å². The summed E-state index contributed by atoms with van der Waals surface area (Å²) in [5, 5.41) is 3.92. The molecule has 0 fully saturated rings. The Bertz CT molecular complexity index is 985. The fraction of sp³-hybridized carbons (Fsp3) is 0. The maximum atomic E-state index is 12.5. The van der Waals surface area contributed by atoms with E-state index in [1.807, 2.05) is 40.9 Å². The second kappa shape index (κ2) is 4.96. The molecular weight excluding hydrogens is 276 g/mol.